The second-order valence-electron chi connectivity index (χ2n) is 8.35. The highest BCUT2D eigenvalue weighted by Gasteiger charge is 2.25. The topological polar surface area (TPSA) is 117 Å². The SMILES string of the molecule is Cn1cc(-c2ccc3ncc(S(=O)(=O)n4ncc5ncc(CC(=O)c6ccccc6)cc54)n3c2)cn1. The van der Waals surface area contributed by atoms with Gasteiger partial charge in [0, 0.05) is 48.7 Å². The first-order valence-corrected chi connectivity index (χ1v) is 12.5. The van der Waals surface area contributed by atoms with E-state index in [0.29, 0.717) is 22.3 Å². The smallest absolute Gasteiger partial charge is 0.294 e. The van der Waals surface area contributed by atoms with Crippen molar-refractivity contribution < 1.29 is 13.2 Å². The van der Waals surface area contributed by atoms with Crippen LogP contribution in [0, 0.1) is 0 Å². The summed E-state index contributed by atoms with van der Waals surface area (Å²) in [5.41, 5.74) is 3.96. The number of hydrogen-bond acceptors (Lipinski definition) is 7. The van der Waals surface area contributed by atoms with Gasteiger partial charge in [0.25, 0.3) is 0 Å². The standard InChI is InChI=1S/C25H19N7O3S/c1-30-15-20(12-28-30)19-7-8-24-27-14-25(31(24)16-19)36(34,35)32-22-9-17(11-26-21(22)13-29-32)10-23(33)18-5-3-2-4-6-18/h2-9,11-16H,10H2,1H3. The summed E-state index contributed by atoms with van der Waals surface area (Å²) in [6.45, 7) is 0. The highest BCUT2D eigenvalue weighted by Crippen LogP contribution is 2.24. The summed E-state index contributed by atoms with van der Waals surface area (Å²) in [6, 6.07) is 14.2. The lowest BCUT2D eigenvalue weighted by atomic mass is 10.0. The molecule has 0 amide bonds. The third-order valence-electron chi connectivity index (χ3n) is 5.91. The van der Waals surface area contributed by atoms with Crippen molar-refractivity contribution in [2.45, 2.75) is 11.4 Å². The Hall–Kier alpha value is -4.64. The van der Waals surface area contributed by atoms with Crippen molar-refractivity contribution in [3.63, 3.8) is 0 Å². The van der Waals surface area contributed by atoms with E-state index in [1.54, 1.807) is 59.7 Å². The third kappa shape index (κ3) is 3.66. The molecule has 0 N–H and O–H groups in total. The Morgan fingerprint density at radius 2 is 1.72 bits per heavy atom. The minimum Gasteiger partial charge on any atom is -0.294 e. The summed E-state index contributed by atoms with van der Waals surface area (Å²) in [4.78, 5) is 21.3. The number of imidazole rings is 1. The lowest BCUT2D eigenvalue weighted by molar-refractivity contribution is 0.0993. The Labute approximate surface area is 205 Å². The van der Waals surface area contributed by atoms with Gasteiger partial charge in [-0.25, -0.2) is 4.98 Å². The molecule has 0 aliphatic carbocycles. The van der Waals surface area contributed by atoms with Crippen molar-refractivity contribution in [3.05, 3.63) is 96.8 Å². The molecule has 6 aromatic rings. The predicted octanol–water partition coefficient (Wildman–Crippen LogP) is 3.14. The molecule has 0 fully saturated rings. The van der Waals surface area contributed by atoms with Crippen LogP contribution in [-0.4, -0.2) is 47.5 Å². The van der Waals surface area contributed by atoms with E-state index in [0.717, 1.165) is 15.2 Å². The van der Waals surface area contributed by atoms with Gasteiger partial charge in [-0.2, -0.15) is 22.7 Å². The van der Waals surface area contributed by atoms with Gasteiger partial charge in [-0.1, -0.05) is 30.3 Å². The number of ketones is 1. The van der Waals surface area contributed by atoms with Gasteiger partial charge in [0.15, 0.2) is 10.8 Å². The number of rotatable bonds is 6. The Balaban J connectivity index is 1.41. The first-order chi connectivity index (χ1) is 17.4. The van der Waals surface area contributed by atoms with Gasteiger partial charge in [0.1, 0.15) is 16.7 Å². The summed E-state index contributed by atoms with van der Waals surface area (Å²) in [5, 5.41) is 8.26. The molecule has 6 rings (SSSR count). The quantitative estimate of drug-likeness (QED) is 0.325. The van der Waals surface area contributed by atoms with Gasteiger partial charge in [-0.3, -0.25) is 18.9 Å². The molecule has 0 radical (unpaired) electrons. The van der Waals surface area contributed by atoms with Gasteiger partial charge >= 0.3 is 10.0 Å². The van der Waals surface area contributed by atoms with Gasteiger partial charge in [0.05, 0.1) is 18.6 Å². The second-order valence-corrected chi connectivity index (χ2v) is 10.1. The molecule has 0 spiro atoms. The molecule has 5 heterocycles. The van der Waals surface area contributed by atoms with Crippen LogP contribution in [-0.2, 0) is 23.5 Å². The molecule has 178 valence electrons. The third-order valence-corrected chi connectivity index (χ3v) is 7.48. The van der Waals surface area contributed by atoms with E-state index in [1.807, 2.05) is 25.4 Å². The summed E-state index contributed by atoms with van der Waals surface area (Å²) in [5.74, 6) is -0.0876. The van der Waals surface area contributed by atoms with Crippen molar-refractivity contribution in [3.8, 4) is 11.1 Å². The number of carbonyl (C=O) groups is 1. The van der Waals surface area contributed by atoms with Crippen LogP contribution in [0.5, 0.6) is 0 Å². The van der Waals surface area contributed by atoms with Crippen LogP contribution in [0.4, 0.5) is 0 Å². The first-order valence-electron chi connectivity index (χ1n) is 11.0. The zero-order valence-corrected chi connectivity index (χ0v) is 19.9. The minimum absolute atomic E-state index is 0.0426. The zero-order chi connectivity index (χ0) is 24.9. The van der Waals surface area contributed by atoms with Crippen LogP contribution in [0.3, 0.4) is 0 Å². The molecule has 0 atom stereocenters. The number of benzene rings is 1. The minimum atomic E-state index is -4.14. The van der Waals surface area contributed by atoms with E-state index in [1.165, 1.54) is 16.8 Å². The zero-order valence-electron chi connectivity index (χ0n) is 19.1. The molecule has 0 saturated carbocycles. The van der Waals surface area contributed by atoms with Crippen molar-refractivity contribution in [2.75, 3.05) is 0 Å². The number of carbonyl (C=O) groups excluding carboxylic acids is 1. The Morgan fingerprint density at radius 3 is 2.50 bits per heavy atom. The molecule has 0 bridgehead atoms. The number of nitrogens with zero attached hydrogens (tertiary/aromatic N) is 7. The molecule has 0 aliphatic rings. The highest BCUT2D eigenvalue weighted by atomic mass is 32.2. The summed E-state index contributed by atoms with van der Waals surface area (Å²) in [6.07, 6.45) is 9.61. The molecule has 0 saturated heterocycles. The lowest BCUT2D eigenvalue weighted by Gasteiger charge is -2.08. The summed E-state index contributed by atoms with van der Waals surface area (Å²) < 4.78 is 31.6. The van der Waals surface area contributed by atoms with Crippen LogP contribution in [0.15, 0.2) is 90.7 Å². The van der Waals surface area contributed by atoms with Crippen LogP contribution < -0.4 is 0 Å². The van der Waals surface area contributed by atoms with Crippen LogP contribution in [0.1, 0.15) is 15.9 Å². The molecular weight excluding hydrogens is 478 g/mol. The fourth-order valence-corrected chi connectivity index (χ4v) is 5.44. The normalized spacial score (nSPS) is 11.9. The maximum atomic E-state index is 13.7. The van der Waals surface area contributed by atoms with E-state index in [4.69, 9.17) is 0 Å². The average molecular weight is 498 g/mol. The van der Waals surface area contributed by atoms with Crippen molar-refractivity contribution >= 4 is 32.5 Å². The van der Waals surface area contributed by atoms with Gasteiger partial charge < -0.3 is 0 Å². The molecule has 10 nitrogen and oxygen atoms in total. The maximum absolute atomic E-state index is 13.7. The average Bonchev–Trinajstić information content (AvgIpc) is 3.62. The molecule has 36 heavy (non-hydrogen) atoms. The van der Waals surface area contributed by atoms with Gasteiger partial charge in [-0.05, 0) is 23.8 Å². The van der Waals surface area contributed by atoms with E-state index in [-0.39, 0.29) is 22.7 Å². The largest absolute Gasteiger partial charge is 0.301 e. The Kier molecular flexibility index (Phi) is 5.00. The Bertz CT molecular complexity index is 1870. The molecule has 0 aliphatic heterocycles. The monoisotopic (exact) mass is 497 g/mol. The molecule has 11 heteroatoms. The fourth-order valence-electron chi connectivity index (χ4n) is 4.11. The van der Waals surface area contributed by atoms with Crippen LogP contribution in [0.2, 0.25) is 0 Å². The summed E-state index contributed by atoms with van der Waals surface area (Å²) in [7, 11) is -2.32. The number of aromatic nitrogens is 7. The number of hydrogen-bond donors (Lipinski definition) is 0. The molecule has 0 unspecified atom stereocenters. The van der Waals surface area contributed by atoms with Crippen molar-refractivity contribution in [1.82, 2.24) is 33.3 Å². The van der Waals surface area contributed by atoms with E-state index >= 15 is 0 Å². The Morgan fingerprint density at radius 1 is 0.889 bits per heavy atom. The second kappa shape index (κ2) is 8.24. The number of Topliss-reactive ketones (excluding diaryl/α,β-unsaturated/α-hetero) is 1. The first kappa shape index (κ1) is 21.9. The molecule has 1 aromatic carbocycles. The fraction of sp³-hybridized carbons (Fsp3) is 0.0800. The number of aryl methyl sites for hydroxylation is 1. The summed E-state index contributed by atoms with van der Waals surface area (Å²) >= 11 is 0. The van der Waals surface area contributed by atoms with Gasteiger partial charge in [-0.15, -0.1) is 0 Å². The van der Waals surface area contributed by atoms with E-state index in [2.05, 4.69) is 20.2 Å². The van der Waals surface area contributed by atoms with Crippen molar-refractivity contribution in [2.24, 2.45) is 7.05 Å². The lowest BCUT2D eigenvalue weighted by Crippen LogP contribution is -2.16. The van der Waals surface area contributed by atoms with Crippen LogP contribution in [0.25, 0.3) is 27.8 Å². The number of fused-ring (bicyclic) bond motifs is 2. The molecular formula is C25H19N7O3S. The predicted molar refractivity (Wildman–Crippen MR) is 132 cm³/mol. The van der Waals surface area contributed by atoms with E-state index < -0.39 is 10.0 Å². The maximum Gasteiger partial charge on any atom is 0.301 e. The van der Waals surface area contributed by atoms with Crippen LogP contribution >= 0.6 is 0 Å². The number of pyridine rings is 2. The molecule has 5 aromatic heterocycles. The van der Waals surface area contributed by atoms with Gasteiger partial charge in [0.2, 0.25) is 0 Å². The van der Waals surface area contributed by atoms with Crippen molar-refractivity contribution in [1.29, 1.82) is 0 Å². The van der Waals surface area contributed by atoms with E-state index in [9.17, 15) is 13.2 Å². The highest BCUT2D eigenvalue weighted by molar-refractivity contribution is 7.90.